The second-order valence-corrected chi connectivity index (χ2v) is 5.88. The summed E-state index contributed by atoms with van der Waals surface area (Å²) >= 11 is 0. The molecule has 0 saturated carbocycles. The van der Waals surface area contributed by atoms with Gasteiger partial charge in [-0.05, 0) is 43.7 Å². The van der Waals surface area contributed by atoms with Crippen molar-refractivity contribution in [1.29, 1.82) is 0 Å². The van der Waals surface area contributed by atoms with Crippen LogP contribution in [0.25, 0.3) is 28.1 Å². The Kier molecular flexibility index (Phi) is 3.16. The summed E-state index contributed by atoms with van der Waals surface area (Å²) < 4.78 is 12.4. The molecule has 2 aromatic rings. The zero-order valence-electron chi connectivity index (χ0n) is 13.7. The van der Waals surface area contributed by atoms with Gasteiger partial charge in [0.1, 0.15) is 16.9 Å². The molecule has 0 atom stereocenters. The predicted molar refractivity (Wildman–Crippen MR) is 92.3 cm³/mol. The maximum atomic E-state index is 12.7. The smallest absolute Gasteiger partial charge is 0.284 e. The molecule has 2 aliphatic rings. The van der Waals surface area contributed by atoms with Crippen LogP contribution in [0.2, 0.25) is 0 Å². The number of hydrogen-bond donors (Lipinski definition) is 0. The SMILES string of the molecule is COc1ccc2cc3c(=O)n(-c4ccc(C)cc4C)nc-3oc2c1. The van der Waals surface area contributed by atoms with Gasteiger partial charge in [0.2, 0.25) is 5.89 Å². The highest BCUT2D eigenvalue weighted by atomic mass is 16.5. The van der Waals surface area contributed by atoms with E-state index < -0.39 is 0 Å². The summed E-state index contributed by atoms with van der Waals surface area (Å²) in [6.07, 6.45) is 0. The molecule has 24 heavy (non-hydrogen) atoms. The first-order valence-corrected chi connectivity index (χ1v) is 7.65. The van der Waals surface area contributed by atoms with Gasteiger partial charge in [0.15, 0.2) is 0 Å². The third-order valence-corrected chi connectivity index (χ3v) is 4.15. The highest BCUT2D eigenvalue weighted by molar-refractivity contribution is 5.83. The zero-order chi connectivity index (χ0) is 16.8. The third-order valence-electron chi connectivity index (χ3n) is 4.15. The number of hydrogen-bond acceptors (Lipinski definition) is 4. The molecule has 4 rings (SSSR count). The lowest BCUT2D eigenvalue weighted by Gasteiger charge is -2.04. The summed E-state index contributed by atoms with van der Waals surface area (Å²) in [6.45, 7) is 3.98. The van der Waals surface area contributed by atoms with Crippen molar-refractivity contribution in [2.24, 2.45) is 0 Å². The van der Waals surface area contributed by atoms with E-state index in [9.17, 15) is 4.79 Å². The fourth-order valence-electron chi connectivity index (χ4n) is 2.91. The molecule has 5 heteroatoms. The summed E-state index contributed by atoms with van der Waals surface area (Å²) in [7, 11) is 1.60. The summed E-state index contributed by atoms with van der Waals surface area (Å²) in [5.41, 5.74) is 3.81. The van der Waals surface area contributed by atoms with Crippen LogP contribution in [-0.4, -0.2) is 16.9 Å². The minimum absolute atomic E-state index is 0.182. The molecule has 0 N–H and O–H groups in total. The van der Waals surface area contributed by atoms with Crippen molar-refractivity contribution in [3.8, 4) is 22.9 Å². The standard InChI is InChI=1S/C19H16N2O3/c1-11-4-7-16(12(2)8-11)21-19(22)15-9-13-5-6-14(23-3)10-17(13)24-18(15)20-21/h4-10H,1-3H3. The predicted octanol–water partition coefficient (Wildman–Crippen LogP) is 3.71. The minimum Gasteiger partial charge on any atom is -0.497 e. The molecule has 0 unspecified atom stereocenters. The van der Waals surface area contributed by atoms with Crippen LogP contribution < -0.4 is 10.3 Å². The van der Waals surface area contributed by atoms with Gasteiger partial charge >= 0.3 is 0 Å². The zero-order valence-corrected chi connectivity index (χ0v) is 13.7. The van der Waals surface area contributed by atoms with Crippen molar-refractivity contribution >= 4 is 11.0 Å². The van der Waals surface area contributed by atoms with Gasteiger partial charge in [0.25, 0.3) is 5.56 Å². The molecule has 0 bridgehead atoms. The Balaban J connectivity index is 1.98. The van der Waals surface area contributed by atoms with Crippen molar-refractivity contribution in [2.75, 3.05) is 7.11 Å². The van der Waals surface area contributed by atoms with Crippen molar-refractivity contribution in [3.63, 3.8) is 0 Å². The highest BCUT2D eigenvalue weighted by Gasteiger charge is 2.20. The first-order valence-electron chi connectivity index (χ1n) is 7.65. The fraction of sp³-hybridized carbons (Fsp3) is 0.158. The normalized spacial score (nSPS) is 11.3. The van der Waals surface area contributed by atoms with E-state index in [2.05, 4.69) is 5.10 Å². The molecule has 5 nitrogen and oxygen atoms in total. The number of aryl methyl sites for hydroxylation is 2. The van der Waals surface area contributed by atoms with Crippen LogP contribution >= 0.6 is 0 Å². The Morgan fingerprint density at radius 3 is 2.67 bits per heavy atom. The maximum absolute atomic E-state index is 12.7. The average Bonchev–Trinajstić information content (AvgIpc) is 2.88. The second kappa shape index (κ2) is 5.23. The van der Waals surface area contributed by atoms with Crippen molar-refractivity contribution in [3.05, 3.63) is 63.9 Å². The highest BCUT2D eigenvalue weighted by Crippen LogP contribution is 2.28. The van der Waals surface area contributed by atoms with Gasteiger partial charge in [-0.1, -0.05) is 17.7 Å². The number of aromatic nitrogens is 2. The summed E-state index contributed by atoms with van der Waals surface area (Å²) in [6, 6.07) is 13.2. The number of methoxy groups -OCH3 is 1. The van der Waals surface area contributed by atoms with Crippen molar-refractivity contribution in [2.45, 2.75) is 13.8 Å². The van der Waals surface area contributed by atoms with Crippen LogP contribution in [0.15, 0.2) is 51.7 Å². The fourth-order valence-corrected chi connectivity index (χ4v) is 2.91. The molecule has 0 amide bonds. The first-order chi connectivity index (χ1) is 11.6. The molecule has 2 heterocycles. The van der Waals surface area contributed by atoms with E-state index in [1.54, 1.807) is 13.2 Å². The van der Waals surface area contributed by atoms with E-state index in [-0.39, 0.29) is 5.56 Å². The number of ether oxygens (including phenoxy) is 1. The molecule has 0 fully saturated rings. The van der Waals surface area contributed by atoms with E-state index in [1.807, 2.05) is 50.2 Å². The molecule has 120 valence electrons. The van der Waals surface area contributed by atoms with E-state index >= 15 is 0 Å². The quantitative estimate of drug-likeness (QED) is 0.565. The van der Waals surface area contributed by atoms with Crippen molar-refractivity contribution < 1.29 is 9.15 Å². The van der Waals surface area contributed by atoms with Crippen LogP contribution in [0.1, 0.15) is 11.1 Å². The van der Waals surface area contributed by atoms with Gasteiger partial charge in [-0.15, -0.1) is 5.10 Å². The van der Waals surface area contributed by atoms with Crippen LogP contribution in [0.3, 0.4) is 0 Å². The topological polar surface area (TPSA) is 57.3 Å². The molecule has 2 aromatic carbocycles. The third kappa shape index (κ3) is 2.17. The number of benzene rings is 2. The molecular formula is C19H16N2O3. The number of fused-ring (bicyclic) bond motifs is 2. The number of nitrogens with zero attached hydrogens (tertiary/aromatic N) is 2. The van der Waals surface area contributed by atoms with Crippen molar-refractivity contribution in [1.82, 2.24) is 9.78 Å². The van der Waals surface area contributed by atoms with E-state index in [4.69, 9.17) is 9.15 Å². The van der Waals surface area contributed by atoms with E-state index in [1.165, 1.54) is 4.68 Å². The van der Waals surface area contributed by atoms with Crippen LogP contribution in [0.4, 0.5) is 0 Å². The molecule has 0 spiro atoms. The Bertz CT molecular complexity index is 1090. The minimum atomic E-state index is -0.182. The Morgan fingerprint density at radius 1 is 1.08 bits per heavy atom. The van der Waals surface area contributed by atoms with Gasteiger partial charge in [0, 0.05) is 11.5 Å². The maximum Gasteiger partial charge on any atom is 0.284 e. The second-order valence-electron chi connectivity index (χ2n) is 5.88. The summed E-state index contributed by atoms with van der Waals surface area (Å²) in [5.74, 6) is 1.02. The lowest BCUT2D eigenvalue weighted by Crippen LogP contribution is -2.15. The van der Waals surface area contributed by atoms with Gasteiger partial charge in [-0.2, -0.15) is 4.68 Å². The van der Waals surface area contributed by atoms with Crippen LogP contribution in [0, 0.1) is 13.8 Å². The van der Waals surface area contributed by atoms with Gasteiger partial charge < -0.3 is 9.15 Å². The van der Waals surface area contributed by atoms with Crippen LogP contribution in [-0.2, 0) is 0 Å². The summed E-state index contributed by atoms with van der Waals surface area (Å²) in [4.78, 5) is 12.7. The molecule has 0 aromatic heterocycles. The Hall–Kier alpha value is -3.08. The Morgan fingerprint density at radius 2 is 1.92 bits per heavy atom. The van der Waals surface area contributed by atoms with Gasteiger partial charge in [-0.3, -0.25) is 4.79 Å². The largest absolute Gasteiger partial charge is 0.497 e. The molecule has 0 radical (unpaired) electrons. The first kappa shape index (κ1) is 14.5. The van der Waals surface area contributed by atoms with Gasteiger partial charge in [0.05, 0.1) is 12.8 Å². The summed E-state index contributed by atoms with van der Waals surface area (Å²) in [5, 5.41) is 5.21. The molecule has 2 aliphatic heterocycles. The molecular weight excluding hydrogens is 304 g/mol. The Labute approximate surface area is 138 Å². The average molecular weight is 320 g/mol. The lowest BCUT2D eigenvalue weighted by atomic mass is 10.1. The van der Waals surface area contributed by atoms with E-state index in [0.717, 1.165) is 22.2 Å². The van der Waals surface area contributed by atoms with E-state index in [0.29, 0.717) is 22.8 Å². The van der Waals surface area contributed by atoms with Crippen LogP contribution in [0.5, 0.6) is 5.75 Å². The lowest BCUT2D eigenvalue weighted by molar-refractivity contribution is 0.414. The molecule has 0 saturated heterocycles. The monoisotopic (exact) mass is 320 g/mol. The molecule has 0 aliphatic carbocycles. The van der Waals surface area contributed by atoms with Gasteiger partial charge in [-0.25, -0.2) is 0 Å². The number of rotatable bonds is 2.